The average molecular weight is 230 g/mol. The number of hydrogen-bond donors (Lipinski definition) is 3. The van der Waals surface area contributed by atoms with E-state index in [1.54, 1.807) is 13.0 Å². The number of rotatable bonds is 3. The van der Waals surface area contributed by atoms with E-state index in [1.165, 1.54) is 6.07 Å². The second-order valence-corrected chi connectivity index (χ2v) is 3.68. The summed E-state index contributed by atoms with van der Waals surface area (Å²) in [4.78, 5) is 10.8. The number of benzene rings is 1. The Kier molecular flexibility index (Phi) is 3.55. The Morgan fingerprint density at radius 2 is 2.20 bits per heavy atom. The number of aliphatic carboxylic acids is 1. The molecule has 1 aromatic rings. The van der Waals surface area contributed by atoms with Crippen LogP contribution in [0.1, 0.15) is 17.0 Å². The number of halogens is 1. The molecule has 82 valence electrons. The predicted molar refractivity (Wildman–Crippen MR) is 57.3 cm³/mol. The van der Waals surface area contributed by atoms with Crippen LogP contribution >= 0.6 is 11.6 Å². The fraction of sp³-hybridized carbons (Fsp3) is 0.300. The standard InChI is InChI=1S/C10H12ClNO3/c1-5-2-6(3-8(13)9(5)11)7(4-12)10(14)15/h2-3,7,13H,4,12H2,1H3,(H,14,15). The minimum Gasteiger partial charge on any atom is -0.506 e. The molecule has 0 heterocycles. The summed E-state index contributed by atoms with van der Waals surface area (Å²) < 4.78 is 0. The molecule has 4 N–H and O–H groups in total. The predicted octanol–water partition coefficient (Wildman–Crippen LogP) is 1.48. The molecule has 15 heavy (non-hydrogen) atoms. The van der Waals surface area contributed by atoms with Crippen LogP contribution < -0.4 is 5.73 Å². The van der Waals surface area contributed by atoms with E-state index < -0.39 is 11.9 Å². The lowest BCUT2D eigenvalue weighted by Gasteiger charge is -2.12. The molecule has 0 saturated carbocycles. The molecule has 1 aromatic carbocycles. The topological polar surface area (TPSA) is 83.6 Å². The Morgan fingerprint density at radius 3 is 2.60 bits per heavy atom. The largest absolute Gasteiger partial charge is 0.506 e. The monoisotopic (exact) mass is 229 g/mol. The first-order valence-corrected chi connectivity index (χ1v) is 4.77. The maximum atomic E-state index is 10.8. The lowest BCUT2D eigenvalue weighted by Crippen LogP contribution is -2.21. The first kappa shape index (κ1) is 11.8. The Hall–Kier alpha value is -1.26. The highest BCUT2D eigenvalue weighted by molar-refractivity contribution is 6.32. The normalized spacial score (nSPS) is 12.5. The van der Waals surface area contributed by atoms with Crippen molar-refractivity contribution in [2.45, 2.75) is 12.8 Å². The average Bonchev–Trinajstić information content (AvgIpc) is 2.14. The summed E-state index contributed by atoms with van der Waals surface area (Å²) >= 11 is 5.75. The molecular weight excluding hydrogens is 218 g/mol. The molecular formula is C10H12ClNO3. The Labute approximate surface area is 92.3 Å². The van der Waals surface area contributed by atoms with Crippen molar-refractivity contribution in [3.63, 3.8) is 0 Å². The van der Waals surface area contributed by atoms with Gasteiger partial charge in [0.25, 0.3) is 0 Å². The molecule has 0 aliphatic heterocycles. The number of carboxylic acids is 1. The van der Waals surface area contributed by atoms with Gasteiger partial charge in [-0.05, 0) is 24.1 Å². The third kappa shape index (κ3) is 2.40. The minimum atomic E-state index is -1.02. The molecule has 0 bridgehead atoms. The molecule has 0 saturated heterocycles. The fourth-order valence-electron chi connectivity index (χ4n) is 1.36. The van der Waals surface area contributed by atoms with Gasteiger partial charge in [0.15, 0.2) is 0 Å². The van der Waals surface area contributed by atoms with E-state index in [4.69, 9.17) is 22.4 Å². The van der Waals surface area contributed by atoms with Crippen molar-refractivity contribution in [2.75, 3.05) is 6.54 Å². The third-order valence-corrected chi connectivity index (χ3v) is 2.69. The number of carbonyl (C=O) groups is 1. The number of phenolic OH excluding ortho intramolecular Hbond substituents is 1. The van der Waals surface area contributed by atoms with Crippen molar-refractivity contribution in [3.8, 4) is 5.75 Å². The van der Waals surface area contributed by atoms with E-state index in [9.17, 15) is 9.90 Å². The molecule has 1 atom stereocenters. The number of carboxylic acid groups (broad SMARTS) is 1. The smallest absolute Gasteiger partial charge is 0.312 e. The van der Waals surface area contributed by atoms with E-state index in [1.807, 2.05) is 0 Å². The van der Waals surface area contributed by atoms with Crippen LogP contribution in [0.3, 0.4) is 0 Å². The van der Waals surface area contributed by atoms with Gasteiger partial charge in [-0.2, -0.15) is 0 Å². The first-order chi connectivity index (χ1) is 6.97. The van der Waals surface area contributed by atoms with Crippen molar-refractivity contribution >= 4 is 17.6 Å². The lowest BCUT2D eigenvalue weighted by molar-refractivity contribution is -0.138. The van der Waals surface area contributed by atoms with Gasteiger partial charge in [0.2, 0.25) is 0 Å². The second kappa shape index (κ2) is 4.51. The molecule has 0 aliphatic rings. The molecule has 4 nitrogen and oxygen atoms in total. The first-order valence-electron chi connectivity index (χ1n) is 4.39. The van der Waals surface area contributed by atoms with E-state index in [2.05, 4.69) is 0 Å². The number of aromatic hydroxyl groups is 1. The summed E-state index contributed by atoms with van der Waals surface area (Å²) in [5.74, 6) is -1.95. The van der Waals surface area contributed by atoms with Crippen LogP contribution in [0.15, 0.2) is 12.1 Å². The van der Waals surface area contributed by atoms with E-state index >= 15 is 0 Å². The van der Waals surface area contributed by atoms with E-state index in [0.717, 1.165) is 0 Å². The van der Waals surface area contributed by atoms with Gasteiger partial charge in [0.05, 0.1) is 10.9 Å². The van der Waals surface area contributed by atoms with Crippen LogP contribution in [0.2, 0.25) is 5.02 Å². The second-order valence-electron chi connectivity index (χ2n) is 3.30. The van der Waals surface area contributed by atoms with Crippen LogP contribution in [-0.2, 0) is 4.79 Å². The Balaban J connectivity index is 3.20. The summed E-state index contributed by atoms with van der Waals surface area (Å²) in [6.45, 7) is 1.68. The van der Waals surface area contributed by atoms with Gasteiger partial charge in [-0.3, -0.25) is 4.79 Å². The summed E-state index contributed by atoms with van der Waals surface area (Å²) in [5, 5.41) is 18.6. The molecule has 0 amide bonds. The van der Waals surface area contributed by atoms with E-state index in [0.29, 0.717) is 11.1 Å². The van der Waals surface area contributed by atoms with Crippen LogP contribution in [0, 0.1) is 6.92 Å². The summed E-state index contributed by atoms with van der Waals surface area (Å²) in [7, 11) is 0. The van der Waals surface area contributed by atoms with Crippen molar-refractivity contribution in [1.82, 2.24) is 0 Å². The number of aryl methyl sites for hydroxylation is 1. The maximum absolute atomic E-state index is 10.8. The van der Waals surface area contributed by atoms with Gasteiger partial charge in [0, 0.05) is 6.54 Å². The number of hydrogen-bond acceptors (Lipinski definition) is 3. The Morgan fingerprint density at radius 1 is 1.60 bits per heavy atom. The molecule has 1 unspecified atom stereocenters. The van der Waals surface area contributed by atoms with Crippen LogP contribution in [0.4, 0.5) is 0 Å². The summed E-state index contributed by atoms with van der Waals surface area (Å²) in [6.07, 6.45) is 0. The highest BCUT2D eigenvalue weighted by Crippen LogP contribution is 2.31. The molecule has 0 spiro atoms. The van der Waals surface area contributed by atoms with Crippen LogP contribution in [-0.4, -0.2) is 22.7 Å². The third-order valence-electron chi connectivity index (χ3n) is 2.19. The molecule has 0 fully saturated rings. The zero-order valence-electron chi connectivity index (χ0n) is 8.20. The minimum absolute atomic E-state index is 0.0180. The van der Waals surface area contributed by atoms with Gasteiger partial charge in [0.1, 0.15) is 5.75 Å². The van der Waals surface area contributed by atoms with Gasteiger partial charge in [-0.15, -0.1) is 0 Å². The van der Waals surface area contributed by atoms with Crippen molar-refractivity contribution in [1.29, 1.82) is 0 Å². The molecule has 5 heteroatoms. The summed E-state index contributed by atoms with van der Waals surface area (Å²) in [5.41, 5.74) is 6.44. The van der Waals surface area contributed by atoms with Crippen LogP contribution in [0.25, 0.3) is 0 Å². The zero-order chi connectivity index (χ0) is 11.6. The molecule has 0 radical (unpaired) electrons. The highest BCUT2D eigenvalue weighted by Gasteiger charge is 2.19. The highest BCUT2D eigenvalue weighted by atomic mass is 35.5. The maximum Gasteiger partial charge on any atom is 0.312 e. The number of nitrogens with two attached hydrogens (primary N) is 1. The summed E-state index contributed by atoms with van der Waals surface area (Å²) in [6, 6.07) is 2.95. The number of phenols is 1. The molecule has 1 rings (SSSR count). The quantitative estimate of drug-likeness (QED) is 0.733. The molecule has 0 aliphatic carbocycles. The van der Waals surface area contributed by atoms with Gasteiger partial charge >= 0.3 is 5.97 Å². The lowest BCUT2D eigenvalue weighted by atomic mass is 9.97. The van der Waals surface area contributed by atoms with Crippen molar-refractivity contribution < 1.29 is 15.0 Å². The fourth-order valence-corrected chi connectivity index (χ4v) is 1.47. The van der Waals surface area contributed by atoms with E-state index in [-0.39, 0.29) is 17.3 Å². The van der Waals surface area contributed by atoms with Crippen molar-refractivity contribution in [3.05, 3.63) is 28.3 Å². The van der Waals surface area contributed by atoms with Crippen LogP contribution in [0.5, 0.6) is 5.75 Å². The molecule has 0 aromatic heterocycles. The SMILES string of the molecule is Cc1cc(C(CN)C(=O)O)cc(O)c1Cl. The zero-order valence-corrected chi connectivity index (χ0v) is 8.95. The van der Waals surface area contributed by atoms with Crippen molar-refractivity contribution in [2.24, 2.45) is 5.73 Å². The van der Waals surface area contributed by atoms with Gasteiger partial charge < -0.3 is 15.9 Å². The van der Waals surface area contributed by atoms with Gasteiger partial charge in [-0.25, -0.2) is 0 Å². The van der Waals surface area contributed by atoms with Gasteiger partial charge in [-0.1, -0.05) is 17.7 Å². The Bertz CT molecular complexity index is 369.